The molecule has 132 valence electrons. The fourth-order valence-corrected chi connectivity index (χ4v) is 3.15. The third-order valence-electron chi connectivity index (χ3n) is 4.57. The van der Waals surface area contributed by atoms with Crippen LogP contribution in [-0.4, -0.2) is 39.7 Å². The molecule has 1 aliphatic heterocycles. The van der Waals surface area contributed by atoms with Crippen LogP contribution in [0.2, 0.25) is 0 Å². The number of rotatable bonds is 1. The van der Waals surface area contributed by atoms with Crippen molar-refractivity contribution in [2.24, 2.45) is 0 Å². The van der Waals surface area contributed by atoms with Crippen LogP contribution in [0.4, 0.5) is 4.79 Å². The van der Waals surface area contributed by atoms with E-state index in [2.05, 4.69) is 16.0 Å². The van der Waals surface area contributed by atoms with E-state index in [0.29, 0.717) is 31.8 Å². The first-order valence-corrected chi connectivity index (χ1v) is 8.58. The summed E-state index contributed by atoms with van der Waals surface area (Å²) in [7, 11) is 0. The lowest BCUT2D eigenvalue weighted by Crippen LogP contribution is -2.46. The lowest BCUT2D eigenvalue weighted by molar-refractivity contribution is 0.0182. The smallest absolute Gasteiger partial charge is 0.410 e. The normalized spacial score (nSPS) is 17.3. The van der Waals surface area contributed by atoms with E-state index in [0.717, 1.165) is 16.6 Å². The minimum absolute atomic E-state index is 0.320. The second-order valence-electron chi connectivity index (χ2n) is 7.77. The van der Waals surface area contributed by atoms with Gasteiger partial charge in [-0.1, -0.05) is 6.07 Å². The van der Waals surface area contributed by atoms with Gasteiger partial charge in [0, 0.05) is 13.1 Å². The third kappa shape index (κ3) is 3.46. The number of aromatic amines is 1. The summed E-state index contributed by atoms with van der Waals surface area (Å²) in [5.41, 5.74) is 1.75. The first-order valence-electron chi connectivity index (χ1n) is 8.58. The van der Waals surface area contributed by atoms with E-state index in [9.17, 15) is 10.1 Å². The maximum absolute atomic E-state index is 12.2. The van der Waals surface area contributed by atoms with Gasteiger partial charge in [-0.05, 0) is 58.2 Å². The standard InChI is InChI=1S/C19H24N4O2/c1-13-5-6-14-15(11-13)22-16(21-14)19(12-20)7-9-23(10-8-19)17(24)25-18(2,3)4/h5-6,11H,7-10H2,1-4H3,(H,21,22). The lowest BCUT2D eigenvalue weighted by Gasteiger charge is -2.36. The van der Waals surface area contributed by atoms with Gasteiger partial charge < -0.3 is 14.6 Å². The summed E-state index contributed by atoms with van der Waals surface area (Å²) in [6.07, 6.45) is 0.766. The number of benzene rings is 1. The van der Waals surface area contributed by atoms with E-state index in [1.165, 1.54) is 0 Å². The quantitative estimate of drug-likeness (QED) is 0.859. The molecule has 1 aliphatic rings. The second-order valence-corrected chi connectivity index (χ2v) is 7.77. The van der Waals surface area contributed by atoms with Crippen molar-refractivity contribution in [2.75, 3.05) is 13.1 Å². The largest absolute Gasteiger partial charge is 0.444 e. The summed E-state index contributed by atoms with van der Waals surface area (Å²) in [5, 5.41) is 9.84. The number of piperidine rings is 1. The van der Waals surface area contributed by atoms with Crippen molar-refractivity contribution in [3.8, 4) is 6.07 Å². The number of H-pyrrole nitrogens is 1. The Morgan fingerprint density at radius 3 is 2.64 bits per heavy atom. The van der Waals surface area contributed by atoms with Gasteiger partial charge in [0.15, 0.2) is 0 Å². The Balaban J connectivity index is 1.79. The van der Waals surface area contributed by atoms with Crippen LogP contribution in [0.3, 0.4) is 0 Å². The number of imidazole rings is 1. The van der Waals surface area contributed by atoms with Crippen molar-refractivity contribution in [3.63, 3.8) is 0 Å². The van der Waals surface area contributed by atoms with Gasteiger partial charge in [0.05, 0.1) is 17.1 Å². The summed E-state index contributed by atoms with van der Waals surface area (Å²) in [6.45, 7) is 8.55. The zero-order chi connectivity index (χ0) is 18.2. The summed E-state index contributed by atoms with van der Waals surface area (Å²) >= 11 is 0. The molecule has 1 N–H and O–H groups in total. The Morgan fingerprint density at radius 1 is 1.36 bits per heavy atom. The maximum Gasteiger partial charge on any atom is 0.410 e. The number of carbonyl (C=O) groups excluding carboxylic acids is 1. The number of hydrogen-bond donors (Lipinski definition) is 1. The number of hydrogen-bond acceptors (Lipinski definition) is 4. The van der Waals surface area contributed by atoms with Crippen LogP contribution in [0.5, 0.6) is 0 Å². The average Bonchev–Trinajstić information content (AvgIpc) is 2.97. The zero-order valence-corrected chi connectivity index (χ0v) is 15.2. The Morgan fingerprint density at radius 2 is 2.04 bits per heavy atom. The van der Waals surface area contributed by atoms with Crippen LogP contribution in [0.1, 0.15) is 45.0 Å². The number of likely N-dealkylation sites (tertiary alicyclic amines) is 1. The minimum Gasteiger partial charge on any atom is -0.444 e. The average molecular weight is 340 g/mol. The number of carbonyl (C=O) groups is 1. The first-order chi connectivity index (χ1) is 11.7. The highest BCUT2D eigenvalue weighted by Crippen LogP contribution is 2.35. The summed E-state index contributed by atoms with van der Waals surface area (Å²) in [6, 6.07) is 8.45. The molecule has 0 atom stereocenters. The molecule has 0 saturated carbocycles. The molecular formula is C19H24N4O2. The molecule has 25 heavy (non-hydrogen) atoms. The molecule has 0 unspecified atom stereocenters. The highest BCUT2D eigenvalue weighted by Gasteiger charge is 2.41. The van der Waals surface area contributed by atoms with Gasteiger partial charge in [0.1, 0.15) is 16.8 Å². The molecule has 1 fully saturated rings. The van der Waals surface area contributed by atoms with Crippen molar-refractivity contribution < 1.29 is 9.53 Å². The fourth-order valence-electron chi connectivity index (χ4n) is 3.15. The predicted molar refractivity (Wildman–Crippen MR) is 95.2 cm³/mol. The number of fused-ring (bicyclic) bond motifs is 1. The van der Waals surface area contributed by atoms with Crippen molar-refractivity contribution in [2.45, 2.75) is 51.6 Å². The summed E-state index contributed by atoms with van der Waals surface area (Å²) in [4.78, 5) is 21.8. The Bertz CT molecular complexity index is 833. The highest BCUT2D eigenvalue weighted by molar-refractivity contribution is 5.76. The van der Waals surface area contributed by atoms with Gasteiger partial charge in [0.25, 0.3) is 0 Å². The molecule has 0 spiro atoms. The van der Waals surface area contributed by atoms with E-state index >= 15 is 0 Å². The number of aryl methyl sites for hydroxylation is 1. The van der Waals surface area contributed by atoms with Gasteiger partial charge in [-0.2, -0.15) is 5.26 Å². The fraction of sp³-hybridized carbons (Fsp3) is 0.526. The Hall–Kier alpha value is -2.55. The van der Waals surface area contributed by atoms with Crippen LogP contribution in [-0.2, 0) is 10.2 Å². The first kappa shape index (κ1) is 17.3. The van der Waals surface area contributed by atoms with Crippen molar-refractivity contribution >= 4 is 17.1 Å². The maximum atomic E-state index is 12.2. The van der Waals surface area contributed by atoms with Crippen LogP contribution >= 0.6 is 0 Å². The molecular weight excluding hydrogens is 316 g/mol. The molecule has 0 radical (unpaired) electrons. The van der Waals surface area contributed by atoms with E-state index in [1.54, 1.807) is 4.90 Å². The molecule has 3 rings (SSSR count). The van der Waals surface area contributed by atoms with Crippen LogP contribution in [0, 0.1) is 18.3 Å². The molecule has 6 heteroatoms. The SMILES string of the molecule is Cc1ccc2nc(C3(C#N)CCN(C(=O)OC(C)(C)C)CC3)[nH]c2c1. The Kier molecular flexibility index (Phi) is 4.19. The van der Waals surface area contributed by atoms with Crippen LogP contribution in [0.15, 0.2) is 18.2 Å². The van der Waals surface area contributed by atoms with Gasteiger partial charge in [-0.15, -0.1) is 0 Å². The predicted octanol–water partition coefficient (Wildman–Crippen LogP) is 3.66. The molecule has 1 saturated heterocycles. The third-order valence-corrected chi connectivity index (χ3v) is 4.57. The molecule has 1 aromatic carbocycles. The van der Waals surface area contributed by atoms with Crippen LogP contribution < -0.4 is 0 Å². The topological polar surface area (TPSA) is 82.0 Å². The monoisotopic (exact) mass is 340 g/mol. The molecule has 1 aromatic heterocycles. The number of nitrogens with one attached hydrogen (secondary N) is 1. The van der Waals surface area contributed by atoms with Gasteiger partial charge in [-0.25, -0.2) is 9.78 Å². The molecule has 1 amide bonds. The lowest BCUT2D eigenvalue weighted by atomic mass is 9.79. The molecule has 0 aliphatic carbocycles. The van der Waals surface area contributed by atoms with Crippen molar-refractivity contribution in [3.05, 3.63) is 29.6 Å². The summed E-state index contributed by atoms with van der Waals surface area (Å²) < 4.78 is 5.43. The number of ether oxygens (including phenoxy) is 1. The molecule has 0 bridgehead atoms. The number of aromatic nitrogens is 2. The van der Waals surface area contributed by atoms with Crippen LogP contribution in [0.25, 0.3) is 11.0 Å². The molecule has 2 aromatic rings. The molecule has 2 heterocycles. The minimum atomic E-state index is -0.689. The number of nitriles is 1. The van der Waals surface area contributed by atoms with E-state index in [-0.39, 0.29) is 6.09 Å². The highest BCUT2D eigenvalue weighted by atomic mass is 16.6. The van der Waals surface area contributed by atoms with Gasteiger partial charge >= 0.3 is 6.09 Å². The van der Waals surface area contributed by atoms with E-state index < -0.39 is 11.0 Å². The Labute approximate surface area is 147 Å². The second kappa shape index (κ2) is 6.07. The number of amides is 1. The molecule has 6 nitrogen and oxygen atoms in total. The van der Waals surface area contributed by atoms with Gasteiger partial charge in [-0.3, -0.25) is 0 Å². The van der Waals surface area contributed by atoms with Crippen molar-refractivity contribution in [1.29, 1.82) is 5.26 Å². The van der Waals surface area contributed by atoms with Gasteiger partial charge in [0.2, 0.25) is 0 Å². The van der Waals surface area contributed by atoms with E-state index in [4.69, 9.17) is 4.74 Å². The van der Waals surface area contributed by atoms with Crippen molar-refractivity contribution in [1.82, 2.24) is 14.9 Å². The number of nitrogens with zero attached hydrogens (tertiary/aromatic N) is 3. The summed E-state index contributed by atoms with van der Waals surface area (Å²) in [5.74, 6) is 0.694. The zero-order valence-electron chi connectivity index (χ0n) is 15.2. The van der Waals surface area contributed by atoms with E-state index in [1.807, 2.05) is 45.9 Å².